The van der Waals surface area contributed by atoms with Crippen LogP contribution in [0.25, 0.3) is 0 Å². The zero-order valence-electron chi connectivity index (χ0n) is 14.2. The quantitative estimate of drug-likeness (QED) is 0.886. The van der Waals surface area contributed by atoms with Crippen molar-refractivity contribution in [3.05, 3.63) is 65.2 Å². The van der Waals surface area contributed by atoms with Crippen molar-refractivity contribution in [1.82, 2.24) is 4.90 Å². The summed E-state index contributed by atoms with van der Waals surface area (Å²) in [4.78, 5) is 2.24. The fraction of sp³-hybridized carbons (Fsp3) is 0.400. The van der Waals surface area contributed by atoms with Crippen LogP contribution in [0.5, 0.6) is 5.75 Å². The molecule has 3 rings (SSSR count). The summed E-state index contributed by atoms with van der Waals surface area (Å²) >= 11 is 0. The maximum absolute atomic E-state index is 9.98. The number of β-amino-alcohol motifs (C(OH)–C–C–N with tert-alkyl or cyclic N) is 1. The normalized spacial score (nSPS) is 21.6. The van der Waals surface area contributed by atoms with Crippen LogP contribution >= 0.6 is 0 Å². The standard InChI is InChI=1S/C20H26N2O2/c1-15-6-2-3-8-17(15)14-24-20-9-5-4-7-16(20)12-22-11-10-18(21)19(23)13-22/h2-9,18-19,23H,10-14,21H2,1H3/t18-,19-/m1/s1. The Morgan fingerprint density at radius 1 is 1.12 bits per heavy atom. The highest BCUT2D eigenvalue weighted by Crippen LogP contribution is 2.23. The summed E-state index contributed by atoms with van der Waals surface area (Å²) in [6, 6.07) is 16.3. The number of para-hydroxylation sites is 1. The van der Waals surface area contributed by atoms with Crippen LogP contribution in [0.4, 0.5) is 0 Å². The molecule has 0 saturated carbocycles. The first-order chi connectivity index (χ1) is 11.6. The molecule has 1 saturated heterocycles. The first-order valence-electron chi connectivity index (χ1n) is 8.54. The molecule has 0 spiro atoms. The zero-order chi connectivity index (χ0) is 16.9. The predicted molar refractivity (Wildman–Crippen MR) is 95.8 cm³/mol. The minimum Gasteiger partial charge on any atom is -0.489 e. The largest absolute Gasteiger partial charge is 0.489 e. The number of aryl methyl sites for hydroxylation is 1. The number of rotatable bonds is 5. The highest BCUT2D eigenvalue weighted by atomic mass is 16.5. The van der Waals surface area contributed by atoms with E-state index in [1.807, 2.05) is 30.3 Å². The molecule has 24 heavy (non-hydrogen) atoms. The molecule has 1 aliphatic heterocycles. The number of nitrogens with two attached hydrogens (primary N) is 1. The molecule has 128 valence electrons. The third-order valence-corrected chi connectivity index (χ3v) is 4.73. The van der Waals surface area contributed by atoms with E-state index in [1.165, 1.54) is 11.1 Å². The third-order valence-electron chi connectivity index (χ3n) is 4.73. The summed E-state index contributed by atoms with van der Waals surface area (Å²) in [6.07, 6.45) is 0.381. The summed E-state index contributed by atoms with van der Waals surface area (Å²) < 4.78 is 6.08. The monoisotopic (exact) mass is 326 g/mol. The number of piperidine rings is 1. The molecule has 1 aliphatic rings. The van der Waals surface area contributed by atoms with Crippen LogP contribution in [-0.2, 0) is 13.2 Å². The van der Waals surface area contributed by atoms with Gasteiger partial charge in [0.05, 0.1) is 6.10 Å². The average Bonchev–Trinajstić information content (AvgIpc) is 2.59. The van der Waals surface area contributed by atoms with Gasteiger partial charge in [-0.2, -0.15) is 0 Å². The molecule has 3 N–H and O–H groups in total. The van der Waals surface area contributed by atoms with Crippen LogP contribution in [0.2, 0.25) is 0 Å². The number of aliphatic hydroxyl groups excluding tert-OH is 1. The van der Waals surface area contributed by atoms with Gasteiger partial charge in [-0.05, 0) is 30.5 Å². The highest BCUT2D eigenvalue weighted by molar-refractivity contribution is 5.34. The van der Waals surface area contributed by atoms with Crippen molar-refractivity contribution in [1.29, 1.82) is 0 Å². The smallest absolute Gasteiger partial charge is 0.124 e. The molecule has 0 radical (unpaired) electrons. The lowest BCUT2D eigenvalue weighted by Crippen LogP contribution is -2.50. The van der Waals surface area contributed by atoms with Gasteiger partial charge in [0.15, 0.2) is 0 Å². The van der Waals surface area contributed by atoms with Gasteiger partial charge in [-0.25, -0.2) is 0 Å². The Kier molecular flexibility index (Phi) is 5.51. The lowest BCUT2D eigenvalue weighted by Gasteiger charge is -2.34. The van der Waals surface area contributed by atoms with E-state index in [0.717, 1.165) is 30.8 Å². The van der Waals surface area contributed by atoms with E-state index in [2.05, 4.69) is 30.0 Å². The first kappa shape index (κ1) is 17.0. The van der Waals surface area contributed by atoms with Crippen molar-refractivity contribution < 1.29 is 9.84 Å². The molecular weight excluding hydrogens is 300 g/mol. The van der Waals surface area contributed by atoms with Crippen molar-refractivity contribution in [2.45, 2.75) is 38.6 Å². The summed E-state index contributed by atoms with van der Waals surface area (Å²) in [5.41, 5.74) is 9.48. The Morgan fingerprint density at radius 3 is 2.58 bits per heavy atom. The van der Waals surface area contributed by atoms with Crippen LogP contribution in [-0.4, -0.2) is 35.2 Å². The maximum Gasteiger partial charge on any atom is 0.124 e. The van der Waals surface area contributed by atoms with Gasteiger partial charge in [-0.3, -0.25) is 4.90 Å². The SMILES string of the molecule is Cc1ccccc1COc1ccccc1CN1CC[C@@H](N)[C@H](O)C1. The van der Waals surface area contributed by atoms with Crippen molar-refractivity contribution in [2.24, 2.45) is 5.73 Å². The van der Waals surface area contributed by atoms with Crippen molar-refractivity contribution in [3.8, 4) is 5.75 Å². The van der Waals surface area contributed by atoms with E-state index in [0.29, 0.717) is 13.2 Å². The Hall–Kier alpha value is -1.88. The van der Waals surface area contributed by atoms with Crippen LogP contribution < -0.4 is 10.5 Å². The Balaban J connectivity index is 1.66. The van der Waals surface area contributed by atoms with Crippen LogP contribution in [0, 0.1) is 6.92 Å². The van der Waals surface area contributed by atoms with E-state index >= 15 is 0 Å². The number of nitrogens with zero attached hydrogens (tertiary/aromatic N) is 1. The fourth-order valence-corrected chi connectivity index (χ4v) is 3.10. The molecule has 0 aliphatic carbocycles. The lowest BCUT2D eigenvalue weighted by molar-refractivity contribution is 0.0495. The van der Waals surface area contributed by atoms with Crippen LogP contribution in [0.1, 0.15) is 23.1 Å². The van der Waals surface area contributed by atoms with E-state index in [1.54, 1.807) is 0 Å². The summed E-state index contributed by atoms with van der Waals surface area (Å²) in [6.45, 7) is 4.96. The number of hydrogen-bond acceptors (Lipinski definition) is 4. The van der Waals surface area contributed by atoms with E-state index in [9.17, 15) is 5.11 Å². The Morgan fingerprint density at radius 2 is 1.83 bits per heavy atom. The number of benzene rings is 2. The van der Waals surface area contributed by atoms with E-state index < -0.39 is 6.10 Å². The summed E-state index contributed by atoms with van der Waals surface area (Å²) in [5, 5.41) is 9.98. The second-order valence-electron chi connectivity index (χ2n) is 6.58. The molecule has 4 nitrogen and oxygen atoms in total. The van der Waals surface area contributed by atoms with Gasteiger partial charge in [0, 0.05) is 31.2 Å². The van der Waals surface area contributed by atoms with E-state index in [-0.39, 0.29) is 6.04 Å². The Bertz CT molecular complexity index is 674. The average molecular weight is 326 g/mol. The zero-order valence-corrected chi connectivity index (χ0v) is 14.2. The predicted octanol–water partition coefficient (Wildman–Crippen LogP) is 2.47. The molecular formula is C20H26N2O2. The van der Waals surface area contributed by atoms with Crippen molar-refractivity contribution in [3.63, 3.8) is 0 Å². The van der Waals surface area contributed by atoms with Gasteiger partial charge in [0.25, 0.3) is 0 Å². The molecule has 0 amide bonds. The molecule has 2 aromatic rings. The Labute approximate surface area is 143 Å². The summed E-state index contributed by atoms with van der Waals surface area (Å²) in [7, 11) is 0. The molecule has 2 atom stereocenters. The van der Waals surface area contributed by atoms with Gasteiger partial charge in [-0.15, -0.1) is 0 Å². The number of ether oxygens (including phenoxy) is 1. The minimum atomic E-state index is -0.446. The molecule has 0 bridgehead atoms. The van der Waals surface area contributed by atoms with E-state index in [4.69, 9.17) is 10.5 Å². The minimum absolute atomic E-state index is 0.103. The third kappa shape index (κ3) is 4.15. The molecule has 0 unspecified atom stereocenters. The number of likely N-dealkylation sites (tertiary alicyclic amines) is 1. The number of aliphatic hydroxyl groups is 1. The molecule has 0 aromatic heterocycles. The van der Waals surface area contributed by atoms with Crippen LogP contribution in [0.3, 0.4) is 0 Å². The van der Waals surface area contributed by atoms with Gasteiger partial charge in [0.2, 0.25) is 0 Å². The van der Waals surface area contributed by atoms with Crippen LogP contribution in [0.15, 0.2) is 48.5 Å². The van der Waals surface area contributed by atoms with Gasteiger partial charge < -0.3 is 15.6 Å². The molecule has 4 heteroatoms. The van der Waals surface area contributed by atoms with Crippen molar-refractivity contribution in [2.75, 3.05) is 13.1 Å². The topological polar surface area (TPSA) is 58.7 Å². The van der Waals surface area contributed by atoms with Gasteiger partial charge >= 0.3 is 0 Å². The first-order valence-corrected chi connectivity index (χ1v) is 8.54. The highest BCUT2D eigenvalue weighted by Gasteiger charge is 2.25. The van der Waals surface area contributed by atoms with Gasteiger partial charge in [-0.1, -0.05) is 42.5 Å². The molecule has 2 aromatic carbocycles. The van der Waals surface area contributed by atoms with Gasteiger partial charge in [0.1, 0.15) is 12.4 Å². The second-order valence-corrected chi connectivity index (χ2v) is 6.58. The summed E-state index contributed by atoms with van der Waals surface area (Å²) in [5.74, 6) is 0.908. The fourth-order valence-electron chi connectivity index (χ4n) is 3.10. The number of hydrogen-bond donors (Lipinski definition) is 2. The van der Waals surface area contributed by atoms with Crippen molar-refractivity contribution >= 4 is 0 Å². The molecule has 1 heterocycles. The lowest BCUT2D eigenvalue weighted by atomic mass is 10.0. The maximum atomic E-state index is 9.98. The molecule has 1 fully saturated rings. The second kappa shape index (κ2) is 7.79.